The zero-order valence-electron chi connectivity index (χ0n) is 12.3. The molecule has 1 aliphatic rings. The van der Waals surface area contributed by atoms with Crippen LogP contribution in [0.2, 0.25) is 0 Å². The molecule has 0 aromatic rings. The molecule has 0 atom stereocenters. The van der Waals surface area contributed by atoms with E-state index in [0.717, 1.165) is 38.9 Å². The molecule has 0 unspecified atom stereocenters. The average Bonchev–Trinajstić information content (AvgIpc) is 2.45. The third-order valence-corrected chi connectivity index (χ3v) is 3.54. The van der Waals surface area contributed by atoms with E-state index in [2.05, 4.69) is 18.7 Å². The van der Waals surface area contributed by atoms with Crippen LogP contribution in [0.15, 0.2) is 0 Å². The minimum Gasteiger partial charge on any atom is -0.342 e. The van der Waals surface area contributed by atoms with Gasteiger partial charge in [0, 0.05) is 39.1 Å². The van der Waals surface area contributed by atoms with Gasteiger partial charge in [0.15, 0.2) is 0 Å². The largest absolute Gasteiger partial charge is 0.342 e. The van der Waals surface area contributed by atoms with Crippen molar-refractivity contribution in [3.63, 3.8) is 0 Å². The first-order valence-electron chi connectivity index (χ1n) is 7.40. The molecule has 0 radical (unpaired) electrons. The van der Waals surface area contributed by atoms with Crippen molar-refractivity contribution in [2.24, 2.45) is 0 Å². The third kappa shape index (κ3) is 5.59. The summed E-state index contributed by atoms with van der Waals surface area (Å²) < 4.78 is 0. The van der Waals surface area contributed by atoms with Gasteiger partial charge in [-0.2, -0.15) is 0 Å². The maximum Gasteiger partial charge on any atom is 0.223 e. The Morgan fingerprint density at radius 2 is 1.63 bits per heavy atom. The van der Waals surface area contributed by atoms with Crippen molar-refractivity contribution in [2.45, 2.75) is 33.1 Å². The first-order valence-corrected chi connectivity index (χ1v) is 7.40. The molecule has 110 valence electrons. The molecule has 0 aliphatic carbocycles. The zero-order valence-corrected chi connectivity index (χ0v) is 12.3. The standard InChI is InChI=1S/C14H27N3O2/c1-3-6-15(7-4-2)8-5-14(19)17-11-9-16(13-18)10-12-17/h13H,3-12H2,1-2H3. The Balaban J connectivity index is 2.28. The van der Waals surface area contributed by atoms with E-state index in [4.69, 9.17) is 0 Å². The number of carbonyl (C=O) groups excluding carboxylic acids is 2. The molecule has 0 bridgehead atoms. The van der Waals surface area contributed by atoms with Gasteiger partial charge in [0.2, 0.25) is 12.3 Å². The van der Waals surface area contributed by atoms with Gasteiger partial charge in [-0.3, -0.25) is 9.59 Å². The van der Waals surface area contributed by atoms with Crippen LogP contribution in [0.5, 0.6) is 0 Å². The smallest absolute Gasteiger partial charge is 0.223 e. The molecule has 0 aromatic carbocycles. The summed E-state index contributed by atoms with van der Waals surface area (Å²) in [6.07, 6.45) is 3.73. The first kappa shape index (κ1) is 16.0. The van der Waals surface area contributed by atoms with Crippen molar-refractivity contribution in [1.29, 1.82) is 0 Å². The van der Waals surface area contributed by atoms with E-state index < -0.39 is 0 Å². The van der Waals surface area contributed by atoms with Crippen molar-refractivity contribution in [1.82, 2.24) is 14.7 Å². The number of nitrogens with zero attached hydrogens (tertiary/aromatic N) is 3. The molecule has 1 saturated heterocycles. The molecule has 1 heterocycles. The SMILES string of the molecule is CCCN(CCC)CCC(=O)N1CCN(C=O)CC1. The quantitative estimate of drug-likeness (QED) is 0.612. The number of amides is 2. The molecular formula is C14H27N3O2. The number of carbonyl (C=O) groups is 2. The summed E-state index contributed by atoms with van der Waals surface area (Å²) in [7, 11) is 0. The lowest BCUT2D eigenvalue weighted by molar-refractivity contribution is -0.135. The molecule has 5 heteroatoms. The lowest BCUT2D eigenvalue weighted by Crippen LogP contribution is -2.48. The topological polar surface area (TPSA) is 43.9 Å². The lowest BCUT2D eigenvalue weighted by atomic mass is 10.2. The molecule has 0 N–H and O–H groups in total. The fourth-order valence-electron chi connectivity index (χ4n) is 2.46. The Bertz CT molecular complexity index is 270. The Morgan fingerprint density at radius 3 is 2.11 bits per heavy atom. The molecule has 0 saturated carbocycles. The fraction of sp³-hybridized carbons (Fsp3) is 0.857. The highest BCUT2D eigenvalue weighted by atomic mass is 16.2. The molecule has 0 spiro atoms. The van der Waals surface area contributed by atoms with Gasteiger partial charge in [0.05, 0.1) is 0 Å². The van der Waals surface area contributed by atoms with E-state index in [1.807, 2.05) is 4.90 Å². The van der Waals surface area contributed by atoms with Crippen LogP contribution >= 0.6 is 0 Å². The first-order chi connectivity index (χ1) is 9.21. The highest BCUT2D eigenvalue weighted by molar-refractivity contribution is 5.76. The molecule has 19 heavy (non-hydrogen) atoms. The fourth-order valence-corrected chi connectivity index (χ4v) is 2.46. The second-order valence-corrected chi connectivity index (χ2v) is 5.11. The number of hydrogen-bond donors (Lipinski definition) is 0. The van der Waals surface area contributed by atoms with E-state index in [9.17, 15) is 9.59 Å². The maximum atomic E-state index is 12.1. The molecule has 5 nitrogen and oxygen atoms in total. The second kappa shape index (κ2) is 8.91. The Kier molecular flexibility index (Phi) is 7.48. The van der Waals surface area contributed by atoms with Gasteiger partial charge in [0.1, 0.15) is 0 Å². The summed E-state index contributed by atoms with van der Waals surface area (Å²) in [4.78, 5) is 28.7. The van der Waals surface area contributed by atoms with Gasteiger partial charge in [-0.25, -0.2) is 0 Å². The van der Waals surface area contributed by atoms with Crippen LogP contribution < -0.4 is 0 Å². The maximum absolute atomic E-state index is 12.1. The highest BCUT2D eigenvalue weighted by Gasteiger charge is 2.20. The van der Waals surface area contributed by atoms with Gasteiger partial charge >= 0.3 is 0 Å². The summed E-state index contributed by atoms with van der Waals surface area (Å²) in [6, 6.07) is 0. The molecule has 2 amide bonds. The minimum absolute atomic E-state index is 0.225. The van der Waals surface area contributed by atoms with Gasteiger partial charge in [0.25, 0.3) is 0 Å². The van der Waals surface area contributed by atoms with Gasteiger partial charge in [-0.1, -0.05) is 13.8 Å². The van der Waals surface area contributed by atoms with Crippen LogP contribution in [0.4, 0.5) is 0 Å². The summed E-state index contributed by atoms with van der Waals surface area (Å²) in [5.41, 5.74) is 0. The monoisotopic (exact) mass is 269 g/mol. The van der Waals surface area contributed by atoms with Crippen molar-refractivity contribution in [2.75, 3.05) is 45.8 Å². The lowest BCUT2D eigenvalue weighted by Gasteiger charge is -2.33. The van der Waals surface area contributed by atoms with Gasteiger partial charge in [-0.05, 0) is 25.9 Å². The number of rotatable bonds is 8. The van der Waals surface area contributed by atoms with Crippen LogP contribution in [0.3, 0.4) is 0 Å². The summed E-state index contributed by atoms with van der Waals surface area (Å²) in [5.74, 6) is 0.225. The zero-order chi connectivity index (χ0) is 14.1. The Morgan fingerprint density at radius 1 is 1.05 bits per heavy atom. The van der Waals surface area contributed by atoms with Crippen LogP contribution in [-0.2, 0) is 9.59 Å². The van der Waals surface area contributed by atoms with E-state index in [1.165, 1.54) is 0 Å². The summed E-state index contributed by atoms with van der Waals surface area (Å²) in [6.45, 7) is 10.0. The summed E-state index contributed by atoms with van der Waals surface area (Å²) >= 11 is 0. The molecular weight excluding hydrogens is 242 g/mol. The van der Waals surface area contributed by atoms with Crippen molar-refractivity contribution in [3.05, 3.63) is 0 Å². The van der Waals surface area contributed by atoms with Crippen LogP contribution in [0.1, 0.15) is 33.1 Å². The Labute approximate surface area is 116 Å². The van der Waals surface area contributed by atoms with Crippen LogP contribution in [-0.4, -0.2) is 72.8 Å². The van der Waals surface area contributed by atoms with E-state index in [0.29, 0.717) is 32.6 Å². The van der Waals surface area contributed by atoms with Gasteiger partial charge < -0.3 is 14.7 Å². The molecule has 1 rings (SSSR count). The van der Waals surface area contributed by atoms with Crippen LogP contribution in [0, 0.1) is 0 Å². The predicted molar refractivity (Wildman–Crippen MR) is 75.9 cm³/mol. The van der Waals surface area contributed by atoms with Gasteiger partial charge in [-0.15, -0.1) is 0 Å². The molecule has 0 aromatic heterocycles. The van der Waals surface area contributed by atoms with E-state index in [-0.39, 0.29) is 5.91 Å². The Hall–Kier alpha value is -1.10. The average molecular weight is 269 g/mol. The predicted octanol–water partition coefficient (Wildman–Crippen LogP) is 0.799. The normalized spacial score (nSPS) is 15.9. The number of hydrogen-bond acceptors (Lipinski definition) is 3. The van der Waals surface area contributed by atoms with E-state index >= 15 is 0 Å². The third-order valence-electron chi connectivity index (χ3n) is 3.54. The van der Waals surface area contributed by atoms with E-state index in [1.54, 1.807) is 4.90 Å². The molecule has 1 aliphatic heterocycles. The van der Waals surface area contributed by atoms with Crippen LogP contribution in [0.25, 0.3) is 0 Å². The molecule has 1 fully saturated rings. The number of piperazine rings is 1. The highest BCUT2D eigenvalue weighted by Crippen LogP contribution is 2.04. The van der Waals surface area contributed by atoms with Crippen molar-refractivity contribution >= 4 is 12.3 Å². The summed E-state index contributed by atoms with van der Waals surface area (Å²) in [5, 5.41) is 0. The van der Waals surface area contributed by atoms with Crippen molar-refractivity contribution in [3.8, 4) is 0 Å². The minimum atomic E-state index is 0.225. The van der Waals surface area contributed by atoms with Crippen molar-refractivity contribution < 1.29 is 9.59 Å². The second-order valence-electron chi connectivity index (χ2n) is 5.11.